The number of aromatic nitrogens is 5. The first-order chi connectivity index (χ1) is 15.8. The number of halogens is 3. The average Bonchev–Trinajstić information content (AvgIpc) is 3.15. The summed E-state index contributed by atoms with van der Waals surface area (Å²) in [5.41, 5.74) is 2.27. The first-order valence-corrected chi connectivity index (χ1v) is 10.6. The van der Waals surface area contributed by atoms with E-state index in [-0.39, 0.29) is 11.2 Å². The van der Waals surface area contributed by atoms with Crippen LogP contribution in [-0.4, -0.2) is 75.5 Å². The lowest BCUT2D eigenvalue weighted by molar-refractivity contribution is -0.140. The number of ether oxygens (including phenoxy) is 2. The summed E-state index contributed by atoms with van der Waals surface area (Å²) in [7, 11) is 1.56. The molecule has 1 N–H and O–H groups in total. The topological polar surface area (TPSA) is 90.2 Å². The minimum absolute atomic E-state index is 0.110. The van der Waals surface area contributed by atoms with E-state index in [0.717, 1.165) is 22.3 Å². The summed E-state index contributed by atoms with van der Waals surface area (Å²) in [5, 5.41) is 3.09. The van der Waals surface area contributed by atoms with Gasteiger partial charge in [-0.1, -0.05) is 6.07 Å². The fourth-order valence-corrected chi connectivity index (χ4v) is 3.73. The Morgan fingerprint density at radius 2 is 2.09 bits per heavy atom. The van der Waals surface area contributed by atoms with Crippen LogP contribution in [0.1, 0.15) is 23.3 Å². The summed E-state index contributed by atoms with van der Waals surface area (Å²) < 4.78 is 51.2. The summed E-state index contributed by atoms with van der Waals surface area (Å²) >= 11 is 0. The largest absolute Gasteiger partial charge is 0.406 e. The summed E-state index contributed by atoms with van der Waals surface area (Å²) in [5.74, 6) is 0.669. The number of aryl methyl sites for hydroxylation is 1. The lowest BCUT2D eigenvalue weighted by atomic mass is 10.2. The van der Waals surface area contributed by atoms with E-state index in [1.165, 1.54) is 0 Å². The third-order valence-corrected chi connectivity index (χ3v) is 5.20. The third-order valence-electron chi connectivity index (χ3n) is 5.20. The predicted octanol–water partition coefficient (Wildman–Crippen LogP) is 2.72. The number of imidazole rings is 1. The van der Waals surface area contributed by atoms with Crippen LogP contribution in [0.15, 0.2) is 24.5 Å². The second-order valence-corrected chi connectivity index (χ2v) is 7.87. The second kappa shape index (κ2) is 9.98. The first-order valence-electron chi connectivity index (χ1n) is 10.6. The number of hydrogen-bond acceptors (Lipinski definition) is 8. The molecule has 4 rings (SSSR count). The van der Waals surface area contributed by atoms with Gasteiger partial charge in [0.25, 0.3) is 0 Å². The number of morpholine rings is 1. The summed E-state index contributed by atoms with van der Waals surface area (Å²) in [6.45, 7) is 3.86. The molecule has 1 fully saturated rings. The third kappa shape index (κ3) is 5.95. The zero-order valence-corrected chi connectivity index (χ0v) is 18.5. The molecule has 1 atom stereocenters. The van der Waals surface area contributed by atoms with Gasteiger partial charge in [-0.05, 0) is 19.1 Å². The number of alkyl halides is 3. The maximum absolute atomic E-state index is 13.1. The van der Waals surface area contributed by atoms with Gasteiger partial charge in [0, 0.05) is 39.0 Å². The number of rotatable bonds is 8. The molecule has 0 aliphatic carbocycles. The van der Waals surface area contributed by atoms with Crippen molar-refractivity contribution in [2.75, 3.05) is 45.3 Å². The molecular formula is C21H26F3N7O2. The lowest BCUT2D eigenvalue weighted by Crippen LogP contribution is -2.38. The molecule has 33 heavy (non-hydrogen) atoms. The predicted molar refractivity (Wildman–Crippen MR) is 115 cm³/mol. The Hall–Kier alpha value is -2.83. The zero-order chi connectivity index (χ0) is 23.4. The standard InChI is InChI=1S/C21H26F3N7O2/c1-14-4-3-5-15(27-14)10-30-7-9-33-16(11-30)18-28-19(25-6-8-32-2)17-20(29-18)31(13-26-17)12-21(22,23)24/h3-5,13,16H,6-12H2,1-2H3,(H,25,28,29). The minimum atomic E-state index is -4.40. The van der Waals surface area contributed by atoms with Crippen LogP contribution in [0.25, 0.3) is 11.2 Å². The van der Waals surface area contributed by atoms with Gasteiger partial charge in [0.05, 0.1) is 25.2 Å². The Morgan fingerprint density at radius 3 is 2.85 bits per heavy atom. The zero-order valence-electron chi connectivity index (χ0n) is 18.5. The van der Waals surface area contributed by atoms with Crippen molar-refractivity contribution < 1.29 is 22.6 Å². The van der Waals surface area contributed by atoms with Crippen molar-refractivity contribution in [1.29, 1.82) is 0 Å². The fourth-order valence-electron chi connectivity index (χ4n) is 3.73. The number of pyridine rings is 1. The normalized spacial score (nSPS) is 17.5. The van der Waals surface area contributed by atoms with Crippen LogP contribution >= 0.6 is 0 Å². The first kappa shape index (κ1) is 23.3. The molecule has 4 heterocycles. The van der Waals surface area contributed by atoms with E-state index in [2.05, 4.69) is 30.2 Å². The molecule has 3 aromatic rings. The highest BCUT2D eigenvalue weighted by molar-refractivity contribution is 5.83. The Kier molecular flexibility index (Phi) is 7.05. The van der Waals surface area contributed by atoms with Crippen LogP contribution in [0.4, 0.5) is 19.0 Å². The molecule has 12 heteroatoms. The molecule has 0 radical (unpaired) electrons. The average molecular weight is 465 g/mol. The van der Waals surface area contributed by atoms with Gasteiger partial charge < -0.3 is 19.4 Å². The van der Waals surface area contributed by atoms with Gasteiger partial charge in [-0.25, -0.2) is 15.0 Å². The number of nitrogens with zero attached hydrogens (tertiary/aromatic N) is 6. The van der Waals surface area contributed by atoms with Crippen LogP contribution in [0.5, 0.6) is 0 Å². The second-order valence-electron chi connectivity index (χ2n) is 7.87. The van der Waals surface area contributed by atoms with Crippen LogP contribution in [0.3, 0.4) is 0 Å². The molecule has 0 amide bonds. The van der Waals surface area contributed by atoms with Gasteiger partial charge in [-0.2, -0.15) is 13.2 Å². The number of fused-ring (bicyclic) bond motifs is 1. The van der Waals surface area contributed by atoms with Gasteiger partial charge in [0.2, 0.25) is 0 Å². The molecule has 1 aliphatic heterocycles. The van der Waals surface area contributed by atoms with E-state index in [1.807, 2.05) is 25.1 Å². The van der Waals surface area contributed by atoms with E-state index in [1.54, 1.807) is 7.11 Å². The molecule has 1 saturated heterocycles. The van der Waals surface area contributed by atoms with Crippen LogP contribution < -0.4 is 5.32 Å². The maximum atomic E-state index is 13.1. The smallest absolute Gasteiger partial charge is 0.383 e. The van der Waals surface area contributed by atoms with Gasteiger partial charge in [-0.3, -0.25) is 9.88 Å². The van der Waals surface area contributed by atoms with E-state index in [9.17, 15) is 13.2 Å². The number of anilines is 1. The number of hydrogen-bond donors (Lipinski definition) is 1. The Morgan fingerprint density at radius 1 is 1.24 bits per heavy atom. The molecule has 0 saturated carbocycles. The molecule has 9 nitrogen and oxygen atoms in total. The van der Waals surface area contributed by atoms with Crippen molar-refractivity contribution in [2.45, 2.75) is 32.3 Å². The number of nitrogens with one attached hydrogen (secondary N) is 1. The van der Waals surface area contributed by atoms with Gasteiger partial charge >= 0.3 is 6.18 Å². The summed E-state index contributed by atoms with van der Waals surface area (Å²) in [6.07, 6.45) is -3.76. The van der Waals surface area contributed by atoms with Gasteiger partial charge in [-0.15, -0.1) is 0 Å². The Balaban J connectivity index is 1.61. The summed E-state index contributed by atoms with van der Waals surface area (Å²) in [6, 6.07) is 5.87. The van der Waals surface area contributed by atoms with E-state index in [4.69, 9.17) is 9.47 Å². The quantitative estimate of drug-likeness (QED) is 0.508. The highest BCUT2D eigenvalue weighted by Gasteiger charge is 2.31. The maximum Gasteiger partial charge on any atom is 0.406 e. The molecule has 0 bridgehead atoms. The van der Waals surface area contributed by atoms with Gasteiger partial charge in [0.15, 0.2) is 17.3 Å². The highest BCUT2D eigenvalue weighted by Crippen LogP contribution is 2.27. The lowest BCUT2D eigenvalue weighted by Gasteiger charge is -2.32. The molecule has 0 spiro atoms. The minimum Gasteiger partial charge on any atom is -0.383 e. The molecule has 178 valence electrons. The SMILES string of the molecule is COCCNc1nc(C2CN(Cc3cccc(C)n3)CCO2)nc2c1ncn2CC(F)(F)F. The van der Waals surface area contributed by atoms with E-state index in [0.29, 0.717) is 51.0 Å². The molecular weight excluding hydrogens is 439 g/mol. The molecule has 1 aliphatic rings. The molecule has 3 aromatic heterocycles. The summed E-state index contributed by atoms with van der Waals surface area (Å²) in [4.78, 5) is 19.8. The Labute approximate surface area is 189 Å². The number of methoxy groups -OCH3 is 1. The van der Waals surface area contributed by atoms with Crippen LogP contribution in [0, 0.1) is 6.92 Å². The monoisotopic (exact) mass is 465 g/mol. The van der Waals surface area contributed by atoms with E-state index >= 15 is 0 Å². The van der Waals surface area contributed by atoms with E-state index < -0.39 is 18.8 Å². The fraction of sp³-hybridized carbons (Fsp3) is 0.524. The van der Waals surface area contributed by atoms with Crippen molar-refractivity contribution >= 4 is 17.0 Å². The Bertz CT molecular complexity index is 1090. The van der Waals surface area contributed by atoms with Crippen LogP contribution in [-0.2, 0) is 22.6 Å². The van der Waals surface area contributed by atoms with Crippen molar-refractivity contribution in [3.8, 4) is 0 Å². The van der Waals surface area contributed by atoms with Crippen molar-refractivity contribution in [1.82, 2.24) is 29.4 Å². The van der Waals surface area contributed by atoms with Gasteiger partial charge in [0.1, 0.15) is 18.2 Å². The van der Waals surface area contributed by atoms with Crippen LogP contribution in [0.2, 0.25) is 0 Å². The molecule has 1 unspecified atom stereocenters. The van der Waals surface area contributed by atoms with Crippen molar-refractivity contribution in [3.05, 3.63) is 41.7 Å². The highest BCUT2D eigenvalue weighted by atomic mass is 19.4. The van der Waals surface area contributed by atoms with Crippen molar-refractivity contribution in [3.63, 3.8) is 0 Å². The molecule has 0 aromatic carbocycles. The van der Waals surface area contributed by atoms with Crippen molar-refractivity contribution in [2.24, 2.45) is 0 Å².